The molecule has 12 heavy (non-hydrogen) atoms. The maximum Gasteiger partial charge on any atom is 0.257 e. The Kier molecular flexibility index (Phi) is 2.38. The molecule has 0 bridgehead atoms. The summed E-state index contributed by atoms with van der Waals surface area (Å²) >= 11 is 0. The number of carbonyl (C=O) groups is 1. The van der Waals surface area contributed by atoms with E-state index in [1.807, 2.05) is 0 Å². The number of amides is 1. The summed E-state index contributed by atoms with van der Waals surface area (Å²) in [6, 6.07) is 0. The predicted octanol–water partition coefficient (Wildman–Crippen LogP) is 0.114. The minimum absolute atomic E-state index is 0.0389. The van der Waals surface area contributed by atoms with Crippen LogP contribution >= 0.6 is 0 Å². The third-order valence-electron chi connectivity index (χ3n) is 1.72. The summed E-state index contributed by atoms with van der Waals surface area (Å²) in [4.78, 5) is 20.5. The van der Waals surface area contributed by atoms with Crippen LogP contribution in [-0.4, -0.2) is 44.4 Å². The van der Waals surface area contributed by atoms with Gasteiger partial charge in [0.25, 0.3) is 5.91 Å². The van der Waals surface area contributed by atoms with Gasteiger partial charge in [-0.2, -0.15) is 0 Å². The number of rotatable bonds is 2. The summed E-state index contributed by atoms with van der Waals surface area (Å²) in [6.45, 7) is 3.93. The fraction of sp³-hybridized carbons (Fsp3) is 0.375. The summed E-state index contributed by atoms with van der Waals surface area (Å²) in [5.74, 6) is -0.0389. The standard InChI is InChI=1S/C8H11N3O/c1-9-4-6-7(10-2)5-11(3)8(6)12/h4H,2,5H2,1,3H3/b9-4-. The van der Waals surface area contributed by atoms with Gasteiger partial charge >= 0.3 is 0 Å². The molecule has 0 aromatic heterocycles. The smallest absolute Gasteiger partial charge is 0.257 e. The third kappa shape index (κ3) is 1.28. The average molecular weight is 165 g/mol. The van der Waals surface area contributed by atoms with Gasteiger partial charge in [0, 0.05) is 20.3 Å². The molecule has 0 N–H and O–H groups in total. The first kappa shape index (κ1) is 8.64. The zero-order valence-electron chi connectivity index (χ0n) is 7.24. The van der Waals surface area contributed by atoms with Crippen LogP contribution in [0.15, 0.2) is 21.3 Å². The third-order valence-corrected chi connectivity index (χ3v) is 1.72. The Balaban J connectivity index is 3.02. The lowest BCUT2D eigenvalue weighted by molar-refractivity contribution is -0.123. The molecule has 1 aliphatic rings. The van der Waals surface area contributed by atoms with E-state index in [2.05, 4.69) is 16.7 Å². The van der Waals surface area contributed by atoms with Crippen molar-refractivity contribution in [3.05, 3.63) is 11.3 Å². The lowest BCUT2D eigenvalue weighted by Crippen LogP contribution is -2.22. The highest BCUT2D eigenvalue weighted by molar-refractivity contribution is 6.14. The first-order valence-corrected chi connectivity index (χ1v) is 3.58. The molecule has 0 radical (unpaired) electrons. The Labute approximate surface area is 71.3 Å². The van der Waals surface area contributed by atoms with Crippen molar-refractivity contribution < 1.29 is 4.79 Å². The van der Waals surface area contributed by atoms with Crippen LogP contribution in [0.25, 0.3) is 0 Å². The molecular weight excluding hydrogens is 154 g/mol. The van der Waals surface area contributed by atoms with E-state index >= 15 is 0 Å². The van der Waals surface area contributed by atoms with Gasteiger partial charge in [-0.3, -0.25) is 14.8 Å². The molecule has 0 aromatic rings. The van der Waals surface area contributed by atoms with Crippen LogP contribution in [-0.2, 0) is 4.79 Å². The van der Waals surface area contributed by atoms with Gasteiger partial charge in [0.05, 0.1) is 17.8 Å². The number of hydrogen-bond acceptors (Lipinski definition) is 3. The molecule has 1 aliphatic heterocycles. The molecule has 4 nitrogen and oxygen atoms in total. The zero-order valence-corrected chi connectivity index (χ0v) is 7.24. The van der Waals surface area contributed by atoms with Gasteiger partial charge in [0.1, 0.15) is 0 Å². The second kappa shape index (κ2) is 3.30. The van der Waals surface area contributed by atoms with E-state index in [4.69, 9.17) is 0 Å². The number of carbonyl (C=O) groups excluding carboxylic acids is 1. The van der Waals surface area contributed by atoms with Crippen molar-refractivity contribution in [3.8, 4) is 0 Å². The maximum atomic E-state index is 11.4. The molecular formula is C8H11N3O. The van der Waals surface area contributed by atoms with Crippen molar-refractivity contribution in [2.45, 2.75) is 0 Å². The van der Waals surface area contributed by atoms with Crippen LogP contribution < -0.4 is 0 Å². The number of aliphatic imine (C=N–C) groups is 2. The number of likely N-dealkylation sites (N-methyl/N-ethyl adjacent to an activating group) is 1. The highest BCUT2D eigenvalue weighted by Gasteiger charge is 2.25. The lowest BCUT2D eigenvalue weighted by Gasteiger charge is -2.05. The Morgan fingerprint density at radius 3 is 2.83 bits per heavy atom. The molecule has 0 fully saturated rings. The molecule has 0 spiro atoms. The van der Waals surface area contributed by atoms with E-state index in [0.717, 1.165) is 0 Å². The summed E-state index contributed by atoms with van der Waals surface area (Å²) in [6.07, 6.45) is 1.52. The van der Waals surface area contributed by atoms with Crippen molar-refractivity contribution in [3.63, 3.8) is 0 Å². The Hall–Kier alpha value is -1.45. The molecule has 0 aliphatic carbocycles. The lowest BCUT2D eigenvalue weighted by atomic mass is 10.2. The van der Waals surface area contributed by atoms with Gasteiger partial charge in [0.15, 0.2) is 0 Å². The molecule has 1 amide bonds. The van der Waals surface area contributed by atoms with Gasteiger partial charge in [-0.25, -0.2) is 0 Å². The molecule has 1 heterocycles. The molecule has 0 unspecified atom stereocenters. The van der Waals surface area contributed by atoms with Gasteiger partial charge in [-0.05, 0) is 6.72 Å². The summed E-state index contributed by atoms with van der Waals surface area (Å²) < 4.78 is 0. The largest absolute Gasteiger partial charge is 0.336 e. The monoisotopic (exact) mass is 165 g/mol. The Morgan fingerprint density at radius 2 is 2.33 bits per heavy atom. The van der Waals surface area contributed by atoms with Gasteiger partial charge in [0.2, 0.25) is 0 Å². The maximum absolute atomic E-state index is 11.4. The van der Waals surface area contributed by atoms with Crippen LogP contribution in [0.3, 0.4) is 0 Å². The van der Waals surface area contributed by atoms with Crippen LogP contribution in [0.5, 0.6) is 0 Å². The molecule has 0 saturated carbocycles. The molecule has 0 atom stereocenters. The molecule has 1 rings (SSSR count). The van der Waals surface area contributed by atoms with Crippen LogP contribution in [0.1, 0.15) is 0 Å². The quantitative estimate of drug-likeness (QED) is 0.536. The van der Waals surface area contributed by atoms with E-state index in [-0.39, 0.29) is 5.91 Å². The molecule has 0 aromatic carbocycles. The van der Waals surface area contributed by atoms with Crippen LogP contribution in [0.2, 0.25) is 0 Å². The summed E-state index contributed by atoms with van der Waals surface area (Å²) in [5, 5.41) is 0. The number of nitrogens with zero attached hydrogens (tertiary/aromatic N) is 3. The fourth-order valence-corrected chi connectivity index (χ4v) is 1.10. The minimum atomic E-state index is -0.0389. The molecule has 4 heteroatoms. The molecule has 0 saturated heterocycles. The van der Waals surface area contributed by atoms with E-state index < -0.39 is 0 Å². The first-order chi connectivity index (χ1) is 5.70. The summed E-state index contributed by atoms with van der Waals surface area (Å²) in [5.41, 5.74) is 1.25. The number of hydrogen-bond donors (Lipinski definition) is 0. The van der Waals surface area contributed by atoms with Crippen LogP contribution in [0, 0.1) is 0 Å². The topological polar surface area (TPSA) is 45.0 Å². The van der Waals surface area contributed by atoms with Crippen molar-refractivity contribution in [2.24, 2.45) is 9.98 Å². The van der Waals surface area contributed by atoms with Gasteiger partial charge in [-0.1, -0.05) is 0 Å². The van der Waals surface area contributed by atoms with E-state index in [1.165, 1.54) is 6.21 Å². The second-order valence-corrected chi connectivity index (χ2v) is 2.57. The normalized spacial score (nSPS) is 18.2. The Morgan fingerprint density at radius 1 is 1.67 bits per heavy atom. The van der Waals surface area contributed by atoms with Crippen molar-refractivity contribution in [2.75, 3.05) is 20.6 Å². The fourth-order valence-electron chi connectivity index (χ4n) is 1.10. The SMILES string of the molecule is C=NC1=C(/C=N\C)C(=O)N(C)C1. The van der Waals surface area contributed by atoms with E-state index in [0.29, 0.717) is 17.8 Å². The van der Waals surface area contributed by atoms with Crippen LogP contribution in [0.4, 0.5) is 0 Å². The van der Waals surface area contributed by atoms with E-state index in [1.54, 1.807) is 19.0 Å². The van der Waals surface area contributed by atoms with Crippen molar-refractivity contribution in [1.82, 2.24) is 4.90 Å². The Bertz CT molecular complexity index is 278. The predicted molar refractivity (Wildman–Crippen MR) is 48.6 cm³/mol. The van der Waals surface area contributed by atoms with Crippen molar-refractivity contribution in [1.29, 1.82) is 0 Å². The van der Waals surface area contributed by atoms with E-state index in [9.17, 15) is 4.79 Å². The minimum Gasteiger partial charge on any atom is -0.336 e. The van der Waals surface area contributed by atoms with Gasteiger partial charge in [-0.15, -0.1) is 0 Å². The highest BCUT2D eigenvalue weighted by Crippen LogP contribution is 2.16. The van der Waals surface area contributed by atoms with Gasteiger partial charge < -0.3 is 4.90 Å². The highest BCUT2D eigenvalue weighted by atomic mass is 16.2. The summed E-state index contributed by atoms with van der Waals surface area (Å²) in [7, 11) is 3.35. The van der Waals surface area contributed by atoms with Crippen molar-refractivity contribution >= 4 is 18.8 Å². The average Bonchev–Trinajstić information content (AvgIpc) is 2.33. The second-order valence-electron chi connectivity index (χ2n) is 2.57. The molecule has 64 valence electrons. The first-order valence-electron chi connectivity index (χ1n) is 3.58. The zero-order chi connectivity index (χ0) is 9.14.